The Morgan fingerprint density at radius 1 is 1.00 bits per heavy atom. The zero-order valence-electron chi connectivity index (χ0n) is 13.6. The summed E-state index contributed by atoms with van der Waals surface area (Å²) in [5.41, 5.74) is 2.86. The second-order valence-corrected chi connectivity index (χ2v) is 5.64. The molecule has 5 nitrogen and oxygen atoms in total. The minimum Gasteiger partial charge on any atom is -0.454 e. The summed E-state index contributed by atoms with van der Waals surface area (Å²) in [4.78, 5) is 0. The quantitative estimate of drug-likeness (QED) is 0.507. The predicted molar refractivity (Wildman–Crippen MR) is 98.0 cm³/mol. The van der Waals surface area contributed by atoms with Crippen LogP contribution in [0.1, 0.15) is 5.56 Å². The topological polar surface area (TPSA) is 78.5 Å². The van der Waals surface area contributed by atoms with Crippen molar-refractivity contribution in [1.82, 2.24) is 9.78 Å². The Morgan fingerprint density at radius 3 is 2.46 bits per heavy atom. The molecule has 122 valence electrons. The molecule has 0 bridgehead atoms. The summed E-state index contributed by atoms with van der Waals surface area (Å²) >= 11 is 0. The van der Waals surface area contributed by atoms with E-state index in [9.17, 15) is 0 Å². The summed E-state index contributed by atoms with van der Waals surface area (Å²) in [5.74, 6) is 0.586. The lowest BCUT2D eigenvalue weighted by atomic mass is 10.1. The molecule has 0 radical (unpaired) electrons. The molecule has 26 heavy (non-hydrogen) atoms. The van der Waals surface area contributed by atoms with Crippen LogP contribution in [0.4, 0.5) is 0 Å². The fourth-order valence-corrected chi connectivity index (χ4v) is 2.74. The van der Waals surface area contributed by atoms with Crippen molar-refractivity contribution in [3.63, 3.8) is 0 Å². The number of nitriles is 2. The Morgan fingerprint density at radius 2 is 1.73 bits per heavy atom. The number of rotatable bonds is 3. The number of fused-ring (bicyclic) bond motifs is 1. The van der Waals surface area contributed by atoms with E-state index in [0.717, 1.165) is 16.7 Å². The summed E-state index contributed by atoms with van der Waals surface area (Å²) in [6.07, 6.45) is 3.31. The Bertz CT molecular complexity index is 1150. The third-order valence-electron chi connectivity index (χ3n) is 3.96. The highest BCUT2D eigenvalue weighted by Crippen LogP contribution is 2.30. The van der Waals surface area contributed by atoms with E-state index < -0.39 is 0 Å². The molecule has 2 heterocycles. The molecule has 0 fully saturated rings. The molecule has 0 N–H and O–H groups in total. The van der Waals surface area contributed by atoms with E-state index in [4.69, 9.17) is 14.9 Å². The van der Waals surface area contributed by atoms with E-state index in [1.807, 2.05) is 72.8 Å². The van der Waals surface area contributed by atoms with Crippen LogP contribution in [0, 0.1) is 22.7 Å². The van der Waals surface area contributed by atoms with Gasteiger partial charge in [-0.2, -0.15) is 15.6 Å². The first-order valence-corrected chi connectivity index (χ1v) is 7.94. The van der Waals surface area contributed by atoms with Crippen molar-refractivity contribution in [1.29, 1.82) is 10.5 Å². The van der Waals surface area contributed by atoms with Crippen LogP contribution in [-0.4, -0.2) is 9.78 Å². The fourth-order valence-electron chi connectivity index (χ4n) is 2.74. The average Bonchev–Trinajstić information content (AvgIpc) is 3.30. The van der Waals surface area contributed by atoms with Crippen LogP contribution >= 0.6 is 0 Å². The third-order valence-corrected chi connectivity index (χ3v) is 3.96. The molecular weight excluding hydrogens is 324 g/mol. The number of nitrogens with zero attached hydrogens (tertiary/aromatic N) is 4. The first-order chi connectivity index (χ1) is 12.8. The minimum atomic E-state index is 0.00923. The number of benzene rings is 2. The van der Waals surface area contributed by atoms with Crippen molar-refractivity contribution in [2.45, 2.75) is 0 Å². The fraction of sp³-hybridized carbons (Fsp3) is 0. The molecule has 0 amide bonds. The van der Waals surface area contributed by atoms with Crippen LogP contribution in [0.25, 0.3) is 34.2 Å². The third kappa shape index (κ3) is 2.75. The van der Waals surface area contributed by atoms with Crippen LogP contribution in [0.15, 0.2) is 76.9 Å². The van der Waals surface area contributed by atoms with Crippen molar-refractivity contribution >= 4 is 17.0 Å². The summed E-state index contributed by atoms with van der Waals surface area (Å²) in [6.45, 7) is 0. The van der Waals surface area contributed by atoms with Crippen molar-refractivity contribution in [3.8, 4) is 29.3 Å². The van der Waals surface area contributed by atoms with E-state index in [-0.39, 0.29) is 5.57 Å². The first kappa shape index (κ1) is 15.4. The molecule has 4 rings (SSSR count). The SMILES string of the molecule is N#CC(C#N)=Cc1cn(-c2ccccc2)nc1-c1cc2ccccc2o1. The molecule has 0 spiro atoms. The lowest BCUT2D eigenvalue weighted by Crippen LogP contribution is -1.93. The molecule has 0 aliphatic rings. The Balaban J connectivity index is 1.92. The number of furan rings is 1. The van der Waals surface area contributed by atoms with Gasteiger partial charge in [0.15, 0.2) is 5.76 Å². The molecule has 0 saturated carbocycles. The minimum absolute atomic E-state index is 0.00923. The van der Waals surface area contributed by atoms with Gasteiger partial charge in [0.1, 0.15) is 29.0 Å². The predicted octanol–water partition coefficient (Wildman–Crippen LogP) is 4.72. The van der Waals surface area contributed by atoms with E-state index in [1.165, 1.54) is 6.08 Å². The molecule has 4 aromatic rings. The molecule has 0 saturated heterocycles. The largest absolute Gasteiger partial charge is 0.454 e. The van der Waals surface area contributed by atoms with Gasteiger partial charge in [-0.25, -0.2) is 4.68 Å². The van der Waals surface area contributed by atoms with Gasteiger partial charge in [0, 0.05) is 17.1 Å². The summed E-state index contributed by atoms with van der Waals surface area (Å²) < 4.78 is 7.63. The number of hydrogen-bond acceptors (Lipinski definition) is 4. The lowest BCUT2D eigenvalue weighted by molar-refractivity contribution is 0.627. The molecule has 0 atom stereocenters. The van der Waals surface area contributed by atoms with Gasteiger partial charge < -0.3 is 4.42 Å². The van der Waals surface area contributed by atoms with Gasteiger partial charge in [0.2, 0.25) is 0 Å². The second-order valence-electron chi connectivity index (χ2n) is 5.64. The zero-order valence-corrected chi connectivity index (χ0v) is 13.6. The maximum Gasteiger partial charge on any atom is 0.156 e. The van der Waals surface area contributed by atoms with Crippen LogP contribution in [0.3, 0.4) is 0 Å². The van der Waals surface area contributed by atoms with Gasteiger partial charge in [-0.05, 0) is 30.3 Å². The molecule has 0 aliphatic heterocycles. The number of hydrogen-bond donors (Lipinski definition) is 0. The highest BCUT2D eigenvalue weighted by Gasteiger charge is 2.16. The van der Waals surface area contributed by atoms with Gasteiger partial charge in [-0.15, -0.1) is 0 Å². The Hall–Kier alpha value is -4.09. The summed E-state index contributed by atoms with van der Waals surface area (Å²) in [5, 5.41) is 23.8. The number of para-hydroxylation sites is 2. The molecule has 0 unspecified atom stereocenters. The van der Waals surface area contributed by atoms with E-state index in [1.54, 1.807) is 10.9 Å². The average molecular weight is 336 g/mol. The molecule has 0 aliphatic carbocycles. The van der Waals surface area contributed by atoms with Crippen molar-refractivity contribution in [3.05, 3.63) is 78.0 Å². The maximum atomic E-state index is 9.10. The van der Waals surface area contributed by atoms with Crippen LogP contribution in [-0.2, 0) is 0 Å². The standard InChI is InChI=1S/C21H12N4O/c22-12-15(13-23)10-17-14-25(18-7-2-1-3-8-18)24-21(17)20-11-16-6-4-5-9-19(16)26-20/h1-11,14H. The first-order valence-electron chi connectivity index (χ1n) is 7.94. The van der Waals surface area contributed by atoms with Crippen LogP contribution in [0.5, 0.6) is 0 Å². The molecule has 2 aromatic heterocycles. The Kier molecular flexibility index (Phi) is 3.82. The maximum absolute atomic E-state index is 9.10. The van der Waals surface area contributed by atoms with Gasteiger partial charge in [-0.3, -0.25) is 0 Å². The van der Waals surface area contributed by atoms with E-state index in [2.05, 4.69) is 5.10 Å². The molecule has 5 heteroatoms. The van der Waals surface area contributed by atoms with Gasteiger partial charge in [0.25, 0.3) is 0 Å². The van der Waals surface area contributed by atoms with Gasteiger partial charge in [0.05, 0.1) is 5.69 Å². The highest BCUT2D eigenvalue weighted by atomic mass is 16.3. The Labute approximate surface area is 149 Å². The van der Waals surface area contributed by atoms with Crippen LogP contribution in [0.2, 0.25) is 0 Å². The summed E-state index contributed by atoms with van der Waals surface area (Å²) in [7, 11) is 0. The van der Waals surface area contributed by atoms with Gasteiger partial charge in [-0.1, -0.05) is 36.4 Å². The number of allylic oxidation sites excluding steroid dienone is 1. The monoisotopic (exact) mass is 336 g/mol. The second kappa shape index (κ2) is 6.43. The highest BCUT2D eigenvalue weighted by molar-refractivity contribution is 5.84. The van der Waals surface area contributed by atoms with Crippen molar-refractivity contribution < 1.29 is 4.42 Å². The zero-order chi connectivity index (χ0) is 17.9. The molecular formula is C21H12N4O. The number of aromatic nitrogens is 2. The van der Waals surface area contributed by atoms with Crippen LogP contribution < -0.4 is 0 Å². The van der Waals surface area contributed by atoms with E-state index in [0.29, 0.717) is 17.0 Å². The summed E-state index contributed by atoms with van der Waals surface area (Å²) in [6, 6.07) is 23.0. The normalized spacial score (nSPS) is 10.2. The molecule has 2 aromatic carbocycles. The van der Waals surface area contributed by atoms with E-state index >= 15 is 0 Å². The van der Waals surface area contributed by atoms with Gasteiger partial charge >= 0.3 is 0 Å². The van der Waals surface area contributed by atoms with Crippen molar-refractivity contribution in [2.24, 2.45) is 0 Å². The lowest BCUT2D eigenvalue weighted by Gasteiger charge is -1.98. The smallest absolute Gasteiger partial charge is 0.156 e. The van der Waals surface area contributed by atoms with Crippen molar-refractivity contribution in [2.75, 3.05) is 0 Å².